The fourth-order valence-electron chi connectivity index (χ4n) is 7.50. The summed E-state index contributed by atoms with van der Waals surface area (Å²) in [6.07, 6.45) is 72.5. The molecule has 1 unspecified atom stereocenters. The standard InChI is InChI=1S/C61H102O6/c1-4-7-10-13-16-19-22-25-27-29-31-33-34-36-39-42-45-48-51-54-60(63)66-57-58(56-65-59(62)53-50-47-44-41-38-24-21-18-15-12-9-6-3)67-61(64)55-52-49-46-43-40-37-35-32-30-28-26-23-20-17-14-11-8-5-2/h9,11-12,14,17-18,20-21,23,26,28-32,35,58H,4-8,10,13,15-16,19,22,24-25,27,33-34,36-57H2,1-3H3/b12-9-,14-11-,20-17-,21-18-,26-23-,30-28-,31-29-,35-32-. The van der Waals surface area contributed by atoms with E-state index in [-0.39, 0.29) is 31.1 Å². The van der Waals surface area contributed by atoms with Crippen molar-refractivity contribution in [2.45, 2.75) is 258 Å². The molecule has 6 heteroatoms. The van der Waals surface area contributed by atoms with E-state index in [1.165, 1.54) is 96.3 Å². The van der Waals surface area contributed by atoms with Gasteiger partial charge in [-0.3, -0.25) is 14.4 Å². The highest BCUT2D eigenvalue weighted by atomic mass is 16.6. The molecule has 0 aromatic rings. The van der Waals surface area contributed by atoms with Crippen LogP contribution < -0.4 is 0 Å². The molecule has 0 rings (SSSR count). The number of hydrogen-bond donors (Lipinski definition) is 0. The second-order valence-corrected chi connectivity index (χ2v) is 18.2. The first kappa shape index (κ1) is 63.3. The van der Waals surface area contributed by atoms with Gasteiger partial charge in [0.25, 0.3) is 0 Å². The molecular weight excluding hydrogens is 829 g/mol. The van der Waals surface area contributed by atoms with Gasteiger partial charge in [0.05, 0.1) is 0 Å². The van der Waals surface area contributed by atoms with E-state index >= 15 is 0 Å². The Hall–Kier alpha value is -3.67. The molecule has 67 heavy (non-hydrogen) atoms. The molecule has 0 aromatic carbocycles. The van der Waals surface area contributed by atoms with Crippen LogP contribution in [0.1, 0.15) is 252 Å². The number of carbonyl (C=O) groups excluding carboxylic acids is 3. The molecule has 0 aliphatic carbocycles. The van der Waals surface area contributed by atoms with Gasteiger partial charge in [-0.15, -0.1) is 0 Å². The molecule has 0 aromatic heterocycles. The normalized spacial score (nSPS) is 12.8. The van der Waals surface area contributed by atoms with Gasteiger partial charge in [-0.1, -0.05) is 240 Å². The second kappa shape index (κ2) is 54.9. The predicted molar refractivity (Wildman–Crippen MR) is 288 cm³/mol. The van der Waals surface area contributed by atoms with E-state index in [1.54, 1.807) is 0 Å². The number of unbranched alkanes of at least 4 members (excludes halogenated alkanes) is 26. The first-order valence-corrected chi connectivity index (χ1v) is 27.8. The largest absolute Gasteiger partial charge is 0.462 e. The van der Waals surface area contributed by atoms with Crippen molar-refractivity contribution in [2.75, 3.05) is 13.2 Å². The van der Waals surface area contributed by atoms with Crippen LogP contribution in [0.4, 0.5) is 0 Å². The summed E-state index contributed by atoms with van der Waals surface area (Å²) in [7, 11) is 0. The highest BCUT2D eigenvalue weighted by Gasteiger charge is 2.19. The molecule has 0 saturated heterocycles. The number of rotatable bonds is 49. The van der Waals surface area contributed by atoms with Gasteiger partial charge < -0.3 is 14.2 Å². The van der Waals surface area contributed by atoms with Gasteiger partial charge in [0.2, 0.25) is 0 Å². The zero-order valence-corrected chi connectivity index (χ0v) is 43.6. The van der Waals surface area contributed by atoms with Crippen LogP contribution >= 0.6 is 0 Å². The molecule has 0 radical (unpaired) electrons. The maximum absolute atomic E-state index is 12.8. The number of esters is 3. The summed E-state index contributed by atoms with van der Waals surface area (Å²) >= 11 is 0. The Kier molecular flexibility index (Phi) is 51.9. The molecule has 0 amide bonds. The van der Waals surface area contributed by atoms with Gasteiger partial charge in [0, 0.05) is 19.3 Å². The molecule has 0 aliphatic heterocycles. The molecule has 0 bridgehead atoms. The summed E-state index contributed by atoms with van der Waals surface area (Å²) < 4.78 is 16.8. The lowest BCUT2D eigenvalue weighted by molar-refractivity contribution is -0.167. The quantitative estimate of drug-likeness (QED) is 0.0199. The van der Waals surface area contributed by atoms with Gasteiger partial charge in [-0.25, -0.2) is 0 Å². The van der Waals surface area contributed by atoms with Crippen molar-refractivity contribution in [3.05, 3.63) is 97.2 Å². The minimum atomic E-state index is -0.800. The molecule has 1 atom stereocenters. The third kappa shape index (κ3) is 53.2. The van der Waals surface area contributed by atoms with Gasteiger partial charge in [0.15, 0.2) is 6.10 Å². The Bertz CT molecular complexity index is 1350. The Morgan fingerprint density at radius 1 is 0.328 bits per heavy atom. The minimum absolute atomic E-state index is 0.0957. The van der Waals surface area contributed by atoms with Crippen LogP contribution in [0.2, 0.25) is 0 Å². The molecule has 0 heterocycles. The van der Waals surface area contributed by atoms with E-state index in [2.05, 4.69) is 93.7 Å². The molecule has 0 saturated carbocycles. The topological polar surface area (TPSA) is 78.9 Å². The van der Waals surface area contributed by atoms with Crippen molar-refractivity contribution < 1.29 is 28.6 Å². The smallest absolute Gasteiger partial charge is 0.306 e. The van der Waals surface area contributed by atoms with E-state index < -0.39 is 6.10 Å². The summed E-state index contributed by atoms with van der Waals surface area (Å²) in [6.45, 7) is 6.41. The highest BCUT2D eigenvalue weighted by Crippen LogP contribution is 2.14. The van der Waals surface area contributed by atoms with E-state index in [4.69, 9.17) is 14.2 Å². The average Bonchev–Trinajstić information content (AvgIpc) is 3.33. The van der Waals surface area contributed by atoms with E-state index in [9.17, 15) is 14.4 Å². The van der Waals surface area contributed by atoms with Gasteiger partial charge >= 0.3 is 17.9 Å². The lowest BCUT2D eigenvalue weighted by Gasteiger charge is -2.18. The van der Waals surface area contributed by atoms with Crippen LogP contribution in [0.3, 0.4) is 0 Å². The van der Waals surface area contributed by atoms with Crippen molar-refractivity contribution in [3.63, 3.8) is 0 Å². The summed E-state index contributed by atoms with van der Waals surface area (Å²) in [6, 6.07) is 0. The van der Waals surface area contributed by atoms with Crippen LogP contribution in [0.15, 0.2) is 97.2 Å². The van der Waals surface area contributed by atoms with E-state index in [0.717, 1.165) is 116 Å². The minimum Gasteiger partial charge on any atom is -0.462 e. The SMILES string of the molecule is CC/C=C\C/C=C\CCCCCCCC(=O)OCC(COC(=O)CCCCCCCCC/C=C\CCCCCCCCCC)OC(=O)CCCCCCC\C=C/C=C\C=C/C=C\C=C/CCC. The van der Waals surface area contributed by atoms with Crippen LogP contribution in [-0.2, 0) is 28.6 Å². The Labute approximate surface area is 413 Å². The predicted octanol–water partition coefficient (Wildman–Crippen LogP) is 18.5. The molecule has 382 valence electrons. The lowest BCUT2D eigenvalue weighted by Crippen LogP contribution is -2.30. The van der Waals surface area contributed by atoms with Crippen LogP contribution in [-0.4, -0.2) is 37.2 Å². The van der Waals surface area contributed by atoms with Crippen LogP contribution in [0, 0.1) is 0 Å². The zero-order chi connectivity index (χ0) is 48.6. The Morgan fingerprint density at radius 2 is 0.672 bits per heavy atom. The summed E-state index contributed by atoms with van der Waals surface area (Å²) in [5.74, 6) is -0.939. The summed E-state index contributed by atoms with van der Waals surface area (Å²) in [5, 5.41) is 0. The molecule has 0 N–H and O–H groups in total. The monoisotopic (exact) mass is 931 g/mol. The van der Waals surface area contributed by atoms with Gasteiger partial charge in [0.1, 0.15) is 13.2 Å². The number of ether oxygens (including phenoxy) is 3. The molecule has 0 fully saturated rings. The molecular formula is C61H102O6. The van der Waals surface area contributed by atoms with E-state index in [0.29, 0.717) is 19.3 Å². The summed E-state index contributed by atoms with van der Waals surface area (Å²) in [4.78, 5) is 38.1. The zero-order valence-electron chi connectivity index (χ0n) is 43.6. The lowest BCUT2D eigenvalue weighted by atomic mass is 10.1. The molecule has 0 aliphatic rings. The Balaban J connectivity index is 4.43. The number of carbonyl (C=O) groups is 3. The van der Waals surface area contributed by atoms with Crippen molar-refractivity contribution in [2.24, 2.45) is 0 Å². The summed E-state index contributed by atoms with van der Waals surface area (Å²) in [5.41, 5.74) is 0. The van der Waals surface area contributed by atoms with Gasteiger partial charge in [-0.2, -0.15) is 0 Å². The molecule has 0 spiro atoms. The van der Waals surface area contributed by atoms with Crippen LogP contribution in [0.5, 0.6) is 0 Å². The Morgan fingerprint density at radius 3 is 1.10 bits per heavy atom. The number of allylic oxidation sites excluding steroid dienone is 16. The van der Waals surface area contributed by atoms with E-state index in [1.807, 2.05) is 24.3 Å². The third-order valence-corrected chi connectivity index (χ3v) is 11.7. The average molecular weight is 931 g/mol. The van der Waals surface area contributed by atoms with Gasteiger partial charge in [-0.05, 0) is 89.9 Å². The van der Waals surface area contributed by atoms with Crippen molar-refractivity contribution >= 4 is 17.9 Å². The fraction of sp³-hybridized carbons (Fsp3) is 0.689. The number of hydrogen-bond acceptors (Lipinski definition) is 6. The van der Waals surface area contributed by atoms with Crippen LogP contribution in [0.25, 0.3) is 0 Å². The maximum atomic E-state index is 12.8. The molecule has 6 nitrogen and oxygen atoms in total. The fourth-order valence-corrected chi connectivity index (χ4v) is 7.50. The third-order valence-electron chi connectivity index (χ3n) is 11.7. The first-order valence-electron chi connectivity index (χ1n) is 27.8. The maximum Gasteiger partial charge on any atom is 0.306 e. The van der Waals surface area contributed by atoms with Crippen molar-refractivity contribution in [1.82, 2.24) is 0 Å². The second-order valence-electron chi connectivity index (χ2n) is 18.2. The highest BCUT2D eigenvalue weighted by molar-refractivity contribution is 5.71. The van der Waals surface area contributed by atoms with Crippen molar-refractivity contribution in [3.8, 4) is 0 Å². The van der Waals surface area contributed by atoms with Crippen molar-refractivity contribution in [1.29, 1.82) is 0 Å². The first-order chi connectivity index (χ1) is 33.0.